The van der Waals surface area contributed by atoms with Crippen LogP contribution in [-0.4, -0.2) is 31.1 Å². The maximum Gasteiger partial charge on any atom is 0.376 e. The molecule has 6 heteroatoms. The van der Waals surface area contributed by atoms with Gasteiger partial charge in [0.25, 0.3) is 0 Å². The molecule has 0 aromatic carbocycles. The Morgan fingerprint density at radius 2 is 0.580 bits per heavy atom. The number of halogens is 2. The van der Waals surface area contributed by atoms with Crippen LogP contribution >= 0.6 is 0 Å². The lowest BCUT2D eigenvalue weighted by Crippen LogP contribution is -2.31. The summed E-state index contributed by atoms with van der Waals surface area (Å²) in [5.41, 5.74) is 0. The maximum atomic E-state index is 14.4. The first-order valence-corrected chi connectivity index (χ1v) is 37.2. The van der Waals surface area contributed by atoms with E-state index in [0.29, 0.717) is 25.4 Å². The number of carbonyl (C=O) groups is 2. The van der Waals surface area contributed by atoms with Crippen molar-refractivity contribution in [3.05, 3.63) is 0 Å². The van der Waals surface area contributed by atoms with Crippen LogP contribution in [0, 0.1) is 23.7 Å². The smallest absolute Gasteiger partial charge is 0.376 e. The molecule has 0 aliphatic carbocycles. The van der Waals surface area contributed by atoms with Crippen LogP contribution < -0.4 is 0 Å². The molecule has 0 saturated carbocycles. The number of rotatable bonds is 61. The molecule has 0 bridgehead atoms. The van der Waals surface area contributed by atoms with E-state index in [0.717, 1.165) is 69.1 Å². The van der Waals surface area contributed by atoms with E-state index in [1.54, 1.807) is 0 Å². The van der Waals surface area contributed by atoms with Crippen LogP contribution in [0.3, 0.4) is 0 Å². The Bertz CT molecular complexity index is 1140. The summed E-state index contributed by atoms with van der Waals surface area (Å²) in [6.45, 7) is 27.0. The van der Waals surface area contributed by atoms with Crippen molar-refractivity contribution in [2.24, 2.45) is 23.7 Å². The number of carbonyl (C=O) groups excluding carboxylic acids is 2. The van der Waals surface area contributed by atoms with Crippen molar-refractivity contribution in [3.8, 4) is 0 Å². The van der Waals surface area contributed by atoms with E-state index in [4.69, 9.17) is 9.47 Å². The highest BCUT2D eigenvalue weighted by Crippen LogP contribution is 2.28. The van der Waals surface area contributed by atoms with Gasteiger partial charge in [0.1, 0.15) is 0 Å². The van der Waals surface area contributed by atoms with Gasteiger partial charge in [0.05, 0.1) is 13.2 Å². The van der Waals surface area contributed by atoms with Gasteiger partial charge in [-0.2, -0.15) is 8.78 Å². The van der Waals surface area contributed by atoms with E-state index in [1.807, 2.05) is 27.7 Å². The first-order chi connectivity index (χ1) is 39.5. The number of ether oxygens (including phenoxy) is 2. The highest BCUT2D eigenvalue weighted by atomic mass is 19.3. The first-order valence-electron chi connectivity index (χ1n) is 37.2. The Labute approximate surface area is 510 Å². The van der Waals surface area contributed by atoms with Gasteiger partial charge in [-0.15, -0.1) is 0 Å². The molecule has 0 aromatic heterocycles. The van der Waals surface area contributed by atoms with Crippen LogP contribution in [0.4, 0.5) is 8.78 Å². The number of unbranched alkanes of at least 4 members (excludes halogenated alkanes) is 33. The van der Waals surface area contributed by atoms with Crippen molar-refractivity contribution in [1.29, 1.82) is 0 Å². The summed E-state index contributed by atoms with van der Waals surface area (Å²) in [4.78, 5) is 24.4. The maximum absolute atomic E-state index is 14.4. The van der Waals surface area contributed by atoms with Gasteiger partial charge in [0.2, 0.25) is 0 Å². The van der Waals surface area contributed by atoms with Crippen molar-refractivity contribution in [2.75, 3.05) is 13.2 Å². The minimum absolute atomic E-state index is 0.0395. The molecule has 0 amide bonds. The van der Waals surface area contributed by atoms with Gasteiger partial charge in [0, 0.05) is 12.8 Å². The second-order valence-electron chi connectivity index (χ2n) is 24.9. The molecule has 0 spiro atoms. The predicted octanol–water partition coefficient (Wildman–Crippen LogP) is 27.4. The zero-order valence-corrected chi connectivity index (χ0v) is 57.8. The summed E-state index contributed by atoms with van der Waals surface area (Å²) in [6.07, 6.45) is 65.7. The lowest BCUT2D eigenvalue weighted by atomic mass is 9.92. The van der Waals surface area contributed by atoms with Crippen LogP contribution in [0.2, 0.25) is 0 Å². The third-order valence-electron chi connectivity index (χ3n) is 17.2. The molecule has 0 aromatic rings. The Morgan fingerprint density at radius 1 is 0.321 bits per heavy atom. The van der Waals surface area contributed by atoms with Crippen LogP contribution in [0.1, 0.15) is 430 Å². The molecule has 490 valence electrons. The number of hydrogen-bond donors (Lipinski definition) is 0. The normalized spacial score (nSPS) is 12.1. The number of esters is 2. The van der Waals surface area contributed by atoms with Crippen LogP contribution in [0.5, 0.6) is 0 Å². The highest BCUT2D eigenvalue weighted by Gasteiger charge is 2.39. The molecule has 0 heterocycles. The van der Waals surface area contributed by atoms with Crippen molar-refractivity contribution < 1.29 is 27.8 Å². The molecule has 0 rings (SSSR count). The van der Waals surface area contributed by atoms with E-state index in [1.165, 1.54) is 276 Å². The zero-order chi connectivity index (χ0) is 61.0. The molecule has 0 N–H and O–H groups in total. The predicted molar refractivity (Wildman–Crippen MR) is 358 cm³/mol. The van der Waals surface area contributed by atoms with Crippen LogP contribution in [-0.2, 0) is 19.1 Å². The fourth-order valence-corrected chi connectivity index (χ4v) is 11.6. The minimum atomic E-state index is -3.35. The molecule has 0 radical (unpaired) electrons. The van der Waals surface area contributed by atoms with Gasteiger partial charge in [0.15, 0.2) is 0 Å². The fourth-order valence-electron chi connectivity index (χ4n) is 11.6. The summed E-state index contributed by atoms with van der Waals surface area (Å²) < 4.78 is 39.6. The Hall–Kier alpha value is -1.20. The monoisotopic (exact) mass is 1160 g/mol. The molecular formula is C75H152F2O4. The van der Waals surface area contributed by atoms with Crippen molar-refractivity contribution in [1.82, 2.24) is 0 Å². The topological polar surface area (TPSA) is 52.6 Å². The molecule has 2 unspecified atom stereocenters. The van der Waals surface area contributed by atoms with E-state index >= 15 is 0 Å². The second-order valence-corrected chi connectivity index (χ2v) is 24.9. The van der Waals surface area contributed by atoms with Gasteiger partial charge in [-0.3, -0.25) is 4.79 Å². The van der Waals surface area contributed by atoms with Gasteiger partial charge in [-0.25, -0.2) is 4.79 Å². The average molecular weight is 1160 g/mol. The third kappa shape index (κ3) is 67.8. The van der Waals surface area contributed by atoms with Crippen molar-refractivity contribution in [2.45, 2.75) is 436 Å². The SMILES string of the molecule is CC.CC.CCCCCCCCCC(CC)CCCCCCC(F)(F)C(=O)OCCC(CCCCCC)CCCCCC.CCCCCCCCCCC(C)CCCCCCC(=O)OCCC(CCCCCCC)CCCCCCC. The summed E-state index contributed by atoms with van der Waals surface area (Å²) >= 11 is 0. The van der Waals surface area contributed by atoms with Crippen molar-refractivity contribution in [3.63, 3.8) is 0 Å². The van der Waals surface area contributed by atoms with E-state index in [9.17, 15) is 18.4 Å². The van der Waals surface area contributed by atoms with Gasteiger partial charge < -0.3 is 9.47 Å². The fraction of sp³-hybridized carbons (Fsp3) is 0.973. The standard InChI is InChI=1S/C36H72O2.C35H68F2O2.2C2H6/c1-5-8-11-14-15-16-19-22-27-34(4)28-23-20-21-26-31-36(37)38-33-32-35(29-24-17-12-9-6-2)30-25-18-13-10-7-3;1-5-9-12-15-16-17-22-25-32(8-4)26-23-18-19-24-30-35(36,37)34(38)39-31-29-33(27-20-13-10-6-2)28-21-14-11-7-3;2*1-2/h34-35H,5-33H2,1-4H3;32-33H,5-31H2,1-4H3;2*1-2H3. The van der Waals surface area contributed by atoms with Gasteiger partial charge >= 0.3 is 17.9 Å². The van der Waals surface area contributed by atoms with Crippen molar-refractivity contribution >= 4 is 11.9 Å². The van der Waals surface area contributed by atoms with Crippen LogP contribution in [0.15, 0.2) is 0 Å². The van der Waals surface area contributed by atoms with Crippen LogP contribution in [0.25, 0.3) is 0 Å². The quantitative estimate of drug-likeness (QED) is 0.0450. The molecule has 0 saturated heterocycles. The Kier molecular flexibility index (Phi) is 77.8. The minimum Gasteiger partial charge on any atom is -0.466 e. The molecule has 0 aliphatic rings. The first kappa shape index (κ1) is 86.2. The largest absolute Gasteiger partial charge is 0.466 e. The molecule has 2 atom stereocenters. The number of hydrogen-bond acceptors (Lipinski definition) is 4. The molecule has 0 aliphatic heterocycles. The molecule has 81 heavy (non-hydrogen) atoms. The van der Waals surface area contributed by atoms with Gasteiger partial charge in [-0.05, 0) is 49.4 Å². The summed E-state index contributed by atoms with van der Waals surface area (Å²) in [5.74, 6) is -1.74. The molecular weight excluding hydrogens is 1000 g/mol. The summed E-state index contributed by atoms with van der Waals surface area (Å²) in [5, 5.41) is 0. The second kappa shape index (κ2) is 73.1. The number of alkyl halides is 2. The lowest BCUT2D eigenvalue weighted by Gasteiger charge is -2.19. The summed E-state index contributed by atoms with van der Waals surface area (Å²) in [6, 6.07) is 0. The average Bonchev–Trinajstić information content (AvgIpc) is 3.48. The van der Waals surface area contributed by atoms with E-state index in [2.05, 4.69) is 55.4 Å². The molecule has 4 nitrogen and oxygen atoms in total. The van der Waals surface area contributed by atoms with E-state index in [-0.39, 0.29) is 19.0 Å². The zero-order valence-electron chi connectivity index (χ0n) is 57.8. The van der Waals surface area contributed by atoms with Gasteiger partial charge in [-0.1, -0.05) is 391 Å². The lowest BCUT2D eigenvalue weighted by molar-refractivity contribution is -0.173. The van der Waals surface area contributed by atoms with E-state index < -0.39 is 11.9 Å². The Morgan fingerprint density at radius 3 is 0.914 bits per heavy atom. The Balaban J connectivity index is -0.000000689. The highest BCUT2D eigenvalue weighted by molar-refractivity contribution is 5.77. The molecule has 0 fully saturated rings. The third-order valence-corrected chi connectivity index (χ3v) is 17.2. The summed E-state index contributed by atoms with van der Waals surface area (Å²) in [7, 11) is 0.